The van der Waals surface area contributed by atoms with Gasteiger partial charge in [-0.1, -0.05) is 22.0 Å². The molecule has 0 bridgehead atoms. The van der Waals surface area contributed by atoms with E-state index in [9.17, 15) is 13.6 Å². The van der Waals surface area contributed by atoms with E-state index in [1.165, 1.54) is 12.1 Å². The lowest BCUT2D eigenvalue weighted by Gasteiger charge is -2.05. The summed E-state index contributed by atoms with van der Waals surface area (Å²) < 4.78 is 31.4. The van der Waals surface area contributed by atoms with Gasteiger partial charge >= 0.3 is 0 Å². The van der Waals surface area contributed by atoms with Crippen LogP contribution in [0.25, 0.3) is 0 Å². The van der Waals surface area contributed by atoms with Gasteiger partial charge in [-0.25, -0.2) is 8.78 Å². The normalized spacial score (nSPS) is 10.8. The maximum atomic E-state index is 13.3. The third-order valence-electron chi connectivity index (χ3n) is 2.89. The van der Waals surface area contributed by atoms with E-state index in [1.807, 2.05) is 0 Å². The summed E-state index contributed by atoms with van der Waals surface area (Å²) in [5, 5.41) is 0.414. The fourth-order valence-corrected chi connectivity index (χ4v) is 2.06. The Kier molecular flexibility index (Phi) is 8.62. The van der Waals surface area contributed by atoms with Crippen LogP contribution in [0.4, 0.5) is 8.78 Å². The summed E-state index contributed by atoms with van der Waals surface area (Å²) in [4.78, 5) is 11.0. The Morgan fingerprint density at radius 2 is 1.90 bits per heavy atom. The molecule has 0 unspecified atom stereocenters. The summed E-state index contributed by atoms with van der Waals surface area (Å²) >= 11 is 3.12. The molecule has 0 radical (unpaired) electrons. The quantitative estimate of drug-likeness (QED) is 0.471. The molecule has 0 heterocycles. The second kappa shape index (κ2) is 10.00. The van der Waals surface area contributed by atoms with E-state index in [0.29, 0.717) is 43.4 Å². The summed E-state index contributed by atoms with van der Waals surface area (Å²) in [5.41, 5.74) is 0.512. The number of alkyl halides is 1. The number of Topliss-reactive ketones (excluding diaryl/α,β-unsaturated/α-hetero) is 1. The molecule has 0 aliphatic heterocycles. The first-order chi connectivity index (χ1) is 9.63. The fourth-order valence-electron chi connectivity index (χ4n) is 1.78. The highest BCUT2D eigenvalue weighted by molar-refractivity contribution is 9.09. The van der Waals surface area contributed by atoms with Crippen molar-refractivity contribution in [1.82, 2.24) is 0 Å². The predicted molar refractivity (Wildman–Crippen MR) is 78.2 cm³/mol. The Bertz CT molecular complexity index is 424. The number of unbranched alkanes of at least 4 members (excludes halogenated alkanes) is 1. The average molecular weight is 349 g/mol. The second-order valence-corrected chi connectivity index (χ2v) is 5.14. The van der Waals surface area contributed by atoms with Gasteiger partial charge in [0.15, 0.2) is 0 Å². The fraction of sp³-hybridized carbons (Fsp3) is 0.533. The number of rotatable bonds is 10. The Morgan fingerprint density at radius 3 is 2.60 bits per heavy atom. The number of halogens is 3. The molecule has 0 saturated carbocycles. The van der Waals surface area contributed by atoms with Gasteiger partial charge in [-0.2, -0.15) is 0 Å². The minimum absolute atomic E-state index is 0.205. The van der Waals surface area contributed by atoms with E-state index in [0.717, 1.165) is 18.9 Å². The number of hydrogen-bond donors (Lipinski definition) is 0. The standard InChI is InChI=1S/C15H19BrF2O2/c16-11-14(19)5-1-2-8-20-9-3-4-12-6-7-13(17)10-15(12)18/h6-7,10H,1-5,8-9,11H2. The molecule has 0 atom stereocenters. The monoisotopic (exact) mass is 348 g/mol. The largest absolute Gasteiger partial charge is 0.381 e. The summed E-state index contributed by atoms with van der Waals surface area (Å²) in [6, 6.07) is 3.63. The molecule has 0 aliphatic rings. The molecule has 0 spiro atoms. The van der Waals surface area contributed by atoms with Crippen LogP contribution in [0.5, 0.6) is 0 Å². The third kappa shape index (κ3) is 7.10. The zero-order valence-electron chi connectivity index (χ0n) is 11.3. The first-order valence-electron chi connectivity index (χ1n) is 6.73. The Hall–Kier alpha value is -0.810. The lowest BCUT2D eigenvalue weighted by Crippen LogP contribution is -2.02. The highest BCUT2D eigenvalue weighted by Gasteiger charge is 2.03. The zero-order valence-corrected chi connectivity index (χ0v) is 12.9. The van der Waals surface area contributed by atoms with Crippen LogP contribution in [-0.4, -0.2) is 24.3 Å². The summed E-state index contributed by atoms with van der Waals surface area (Å²) in [6.45, 7) is 1.16. The SMILES string of the molecule is O=C(CBr)CCCCOCCCc1ccc(F)cc1F. The summed E-state index contributed by atoms with van der Waals surface area (Å²) in [7, 11) is 0. The van der Waals surface area contributed by atoms with Crippen LogP contribution in [0, 0.1) is 11.6 Å². The van der Waals surface area contributed by atoms with Crippen LogP contribution in [0.1, 0.15) is 31.2 Å². The molecular weight excluding hydrogens is 330 g/mol. The third-order valence-corrected chi connectivity index (χ3v) is 3.52. The Morgan fingerprint density at radius 1 is 1.15 bits per heavy atom. The van der Waals surface area contributed by atoms with Gasteiger partial charge in [0.1, 0.15) is 17.4 Å². The smallest absolute Gasteiger partial charge is 0.143 e. The highest BCUT2D eigenvalue weighted by Crippen LogP contribution is 2.11. The Balaban J connectivity index is 2.03. The van der Waals surface area contributed by atoms with Gasteiger partial charge in [-0.15, -0.1) is 0 Å². The van der Waals surface area contributed by atoms with E-state index >= 15 is 0 Å². The minimum atomic E-state index is -0.555. The van der Waals surface area contributed by atoms with E-state index < -0.39 is 11.6 Å². The molecule has 0 aromatic heterocycles. The van der Waals surface area contributed by atoms with E-state index in [-0.39, 0.29) is 5.78 Å². The number of carbonyl (C=O) groups is 1. The van der Waals surface area contributed by atoms with Crippen LogP contribution in [0.2, 0.25) is 0 Å². The molecule has 0 aliphatic carbocycles. The number of benzene rings is 1. The van der Waals surface area contributed by atoms with Crippen LogP contribution in [0.15, 0.2) is 18.2 Å². The molecule has 1 rings (SSSR count). The zero-order chi connectivity index (χ0) is 14.8. The van der Waals surface area contributed by atoms with E-state index in [4.69, 9.17) is 4.74 Å². The number of ether oxygens (including phenoxy) is 1. The van der Waals surface area contributed by atoms with Crippen molar-refractivity contribution in [3.63, 3.8) is 0 Å². The summed E-state index contributed by atoms with van der Waals surface area (Å²) in [5.74, 6) is -0.851. The van der Waals surface area contributed by atoms with Crippen molar-refractivity contribution < 1.29 is 18.3 Å². The second-order valence-electron chi connectivity index (χ2n) is 4.58. The van der Waals surface area contributed by atoms with Crippen LogP contribution < -0.4 is 0 Å². The molecule has 0 amide bonds. The molecule has 2 nitrogen and oxygen atoms in total. The summed E-state index contributed by atoms with van der Waals surface area (Å²) in [6.07, 6.45) is 3.49. The van der Waals surface area contributed by atoms with Gasteiger partial charge in [-0.3, -0.25) is 4.79 Å². The molecule has 20 heavy (non-hydrogen) atoms. The van der Waals surface area contributed by atoms with Gasteiger partial charge in [0, 0.05) is 25.7 Å². The first-order valence-corrected chi connectivity index (χ1v) is 7.85. The van der Waals surface area contributed by atoms with Crippen molar-refractivity contribution in [2.45, 2.75) is 32.1 Å². The van der Waals surface area contributed by atoms with Crippen molar-refractivity contribution in [2.24, 2.45) is 0 Å². The van der Waals surface area contributed by atoms with Crippen molar-refractivity contribution in [3.05, 3.63) is 35.4 Å². The first kappa shape index (κ1) is 17.2. The topological polar surface area (TPSA) is 26.3 Å². The number of ketones is 1. The molecule has 0 saturated heterocycles. The molecule has 1 aromatic rings. The number of aryl methyl sites for hydroxylation is 1. The van der Waals surface area contributed by atoms with Gasteiger partial charge in [0.05, 0.1) is 5.33 Å². The van der Waals surface area contributed by atoms with Gasteiger partial charge in [0.2, 0.25) is 0 Å². The van der Waals surface area contributed by atoms with Crippen molar-refractivity contribution >= 4 is 21.7 Å². The van der Waals surface area contributed by atoms with E-state index in [1.54, 1.807) is 0 Å². The molecule has 0 fully saturated rings. The average Bonchev–Trinajstić information content (AvgIpc) is 2.43. The minimum Gasteiger partial charge on any atom is -0.381 e. The Labute approximate surface area is 126 Å². The maximum absolute atomic E-state index is 13.3. The highest BCUT2D eigenvalue weighted by atomic mass is 79.9. The van der Waals surface area contributed by atoms with Crippen LogP contribution >= 0.6 is 15.9 Å². The number of hydrogen-bond acceptors (Lipinski definition) is 2. The van der Waals surface area contributed by atoms with Crippen LogP contribution in [0.3, 0.4) is 0 Å². The predicted octanol–water partition coefficient (Wildman–Crippen LogP) is 4.05. The van der Waals surface area contributed by atoms with E-state index in [2.05, 4.69) is 15.9 Å². The lowest BCUT2D eigenvalue weighted by atomic mass is 10.1. The van der Waals surface area contributed by atoms with Crippen LogP contribution in [-0.2, 0) is 16.0 Å². The van der Waals surface area contributed by atoms with Gasteiger partial charge < -0.3 is 4.74 Å². The van der Waals surface area contributed by atoms with Crippen molar-refractivity contribution in [1.29, 1.82) is 0 Å². The lowest BCUT2D eigenvalue weighted by molar-refractivity contribution is -0.116. The molecule has 1 aromatic carbocycles. The van der Waals surface area contributed by atoms with Crippen molar-refractivity contribution in [3.8, 4) is 0 Å². The maximum Gasteiger partial charge on any atom is 0.143 e. The van der Waals surface area contributed by atoms with Gasteiger partial charge in [0.25, 0.3) is 0 Å². The molecule has 112 valence electrons. The molecule has 0 N–H and O–H groups in total. The van der Waals surface area contributed by atoms with Crippen molar-refractivity contribution in [2.75, 3.05) is 18.5 Å². The molecule has 5 heteroatoms. The van der Waals surface area contributed by atoms with Gasteiger partial charge in [-0.05, 0) is 37.3 Å². The molecular formula is C15H19BrF2O2. The number of carbonyl (C=O) groups excluding carboxylic acids is 1.